The van der Waals surface area contributed by atoms with Crippen LogP contribution in [0.25, 0.3) is 0 Å². The average Bonchev–Trinajstić information content (AvgIpc) is 3.78. The Balaban J connectivity index is 0.900. The molecule has 0 spiro atoms. The Morgan fingerprint density at radius 1 is 1.10 bits per heavy atom. The summed E-state index contributed by atoms with van der Waals surface area (Å²) in [4.78, 5) is 55.4. The zero-order valence-corrected chi connectivity index (χ0v) is 29.4. The summed E-state index contributed by atoms with van der Waals surface area (Å²) < 4.78 is 0. The van der Waals surface area contributed by atoms with Crippen molar-refractivity contribution in [3.63, 3.8) is 0 Å². The zero-order chi connectivity index (χ0) is 33.6. The minimum absolute atomic E-state index is 0.0564. The molecule has 5 heterocycles. The molecule has 3 fully saturated rings. The lowest BCUT2D eigenvalue weighted by Crippen LogP contribution is -2.48. The Hall–Kier alpha value is -3.66. The number of halogens is 1. The van der Waals surface area contributed by atoms with Crippen LogP contribution in [0, 0.1) is 13.8 Å². The van der Waals surface area contributed by atoms with Crippen LogP contribution in [0.4, 0.5) is 27.2 Å². The molecule has 0 radical (unpaired) electrons. The first-order valence-corrected chi connectivity index (χ1v) is 18.5. The number of carbonyl (C=O) groups excluding carboxylic acids is 3. The lowest BCUT2D eigenvalue weighted by molar-refractivity contribution is -0.121. The summed E-state index contributed by atoms with van der Waals surface area (Å²) in [5, 5.41) is 16.7. The van der Waals surface area contributed by atoms with Gasteiger partial charge >= 0.3 is 6.03 Å². The van der Waals surface area contributed by atoms with Crippen molar-refractivity contribution < 1.29 is 14.4 Å². The number of carbonyl (C=O) groups is 3. The minimum Gasteiger partial charge on any atom is -0.355 e. The van der Waals surface area contributed by atoms with Crippen LogP contribution in [-0.2, 0) is 4.79 Å². The normalized spacial score (nSPS) is 20.6. The molecular weight excluding hydrogens is 672 g/mol. The number of urea groups is 1. The number of rotatable bonds is 13. The zero-order valence-electron chi connectivity index (χ0n) is 27.1. The molecule has 1 aromatic carbocycles. The number of para-hydroxylation sites is 1. The molecule has 2 aromatic heterocycles. The summed E-state index contributed by atoms with van der Waals surface area (Å²) in [7, 11) is 0. The first-order valence-electron chi connectivity index (χ1n) is 16.3. The van der Waals surface area contributed by atoms with E-state index in [1.165, 1.54) is 17.5 Å². The van der Waals surface area contributed by atoms with Gasteiger partial charge in [-0.25, -0.2) is 19.7 Å². The summed E-state index contributed by atoms with van der Waals surface area (Å²) in [6.07, 6.45) is 4.93. The van der Waals surface area contributed by atoms with Crippen LogP contribution in [0.5, 0.6) is 0 Å². The van der Waals surface area contributed by atoms with Crippen LogP contribution >= 0.6 is 34.7 Å². The third-order valence-electron chi connectivity index (χ3n) is 8.78. The number of hydrogen-bond acceptors (Lipinski definition) is 11. The van der Waals surface area contributed by atoms with Gasteiger partial charge in [-0.3, -0.25) is 14.5 Å². The van der Waals surface area contributed by atoms with E-state index in [0.29, 0.717) is 50.6 Å². The molecule has 48 heavy (non-hydrogen) atoms. The number of nitrogens with zero attached hydrogens (tertiary/aromatic N) is 5. The Kier molecular flexibility index (Phi) is 11.2. The second kappa shape index (κ2) is 15.7. The molecule has 0 aliphatic carbocycles. The lowest BCUT2D eigenvalue weighted by atomic mass is 10.0. The van der Waals surface area contributed by atoms with E-state index in [4.69, 9.17) is 11.6 Å². The minimum atomic E-state index is -0.277. The predicted molar refractivity (Wildman–Crippen MR) is 192 cm³/mol. The fourth-order valence-corrected chi connectivity index (χ4v) is 8.74. The van der Waals surface area contributed by atoms with E-state index in [1.54, 1.807) is 6.07 Å². The van der Waals surface area contributed by atoms with Crippen molar-refractivity contribution in [2.75, 3.05) is 60.6 Å². The van der Waals surface area contributed by atoms with Crippen molar-refractivity contribution in [3.8, 4) is 0 Å². The van der Waals surface area contributed by atoms with E-state index < -0.39 is 0 Å². The maximum atomic E-state index is 12.9. The number of fused-ring (bicyclic) bond motifs is 1. The van der Waals surface area contributed by atoms with Gasteiger partial charge in [-0.1, -0.05) is 41.5 Å². The highest BCUT2D eigenvalue weighted by Crippen LogP contribution is 2.33. The van der Waals surface area contributed by atoms with Gasteiger partial charge in [-0.2, -0.15) is 11.8 Å². The molecule has 0 saturated carbocycles. The molecule has 4 amide bonds. The number of piperazine rings is 1. The molecular formula is C32H41ClN10O3S2. The van der Waals surface area contributed by atoms with Gasteiger partial charge in [0.2, 0.25) is 5.91 Å². The van der Waals surface area contributed by atoms with Gasteiger partial charge in [0.25, 0.3) is 5.91 Å². The molecule has 13 nitrogen and oxygen atoms in total. The SMILES string of the molecule is Cc1nc(Nc2ncc(C(=O)Nc3c(C)cccc3Cl)s2)cc(N2CCN(CCNC(=O)CCCCC3SCC4NC(=O)NC43)CC2)n1. The van der Waals surface area contributed by atoms with Crippen LogP contribution in [0.3, 0.4) is 0 Å². The van der Waals surface area contributed by atoms with E-state index in [9.17, 15) is 14.4 Å². The Morgan fingerprint density at radius 3 is 2.75 bits per heavy atom. The summed E-state index contributed by atoms with van der Waals surface area (Å²) in [5.41, 5.74) is 1.47. The van der Waals surface area contributed by atoms with Gasteiger partial charge < -0.3 is 31.5 Å². The third-order valence-corrected chi connectivity index (χ3v) is 11.5. The van der Waals surface area contributed by atoms with Crippen LogP contribution in [0.15, 0.2) is 30.5 Å². The first-order chi connectivity index (χ1) is 23.2. The molecule has 3 aliphatic rings. The number of anilines is 4. The van der Waals surface area contributed by atoms with E-state index in [0.717, 1.165) is 69.1 Å². The molecule has 5 N–H and O–H groups in total. The quantitative estimate of drug-likeness (QED) is 0.129. The van der Waals surface area contributed by atoms with E-state index in [1.807, 2.05) is 43.8 Å². The van der Waals surface area contributed by atoms with Gasteiger partial charge in [-0.05, 0) is 38.3 Å². The largest absolute Gasteiger partial charge is 0.355 e. The highest BCUT2D eigenvalue weighted by atomic mass is 35.5. The Labute approximate surface area is 293 Å². The lowest BCUT2D eigenvalue weighted by Gasteiger charge is -2.35. The number of aromatic nitrogens is 3. The molecule has 3 saturated heterocycles. The number of hydrogen-bond donors (Lipinski definition) is 5. The van der Waals surface area contributed by atoms with Crippen molar-refractivity contribution >= 4 is 75.0 Å². The monoisotopic (exact) mass is 712 g/mol. The summed E-state index contributed by atoms with van der Waals surface area (Å²) in [5.74, 6) is 2.86. The standard InChI is InChI=1S/C32H41ClN10O3S2/c1-19-6-5-7-21(33)28(19)40-30(45)24-17-35-32(48-24)39-25-16-26(37-20(2)36-25)43-14-12-42(13-15-43)11-10-34-27(44)9-4-3-8-23-29-22(18-47-23)38-31(46)41-29/h5-7,16-17,22-23,29H,3-4,8-15,18H2,1-2H3,(H,34,44)(H,40,45)(H2,38,41,46)(H,35,36,37,39). The van der Waals surface area contributed by atoms with E-state index >= 15 is 0 Å². The Bertz CT molecular complexity index is 1610. The maximum Gasteiger partial charge on any atom is 0.315 e. The second-order valence-electron chi connectivity index (χ2n) is 12.2. The summed E-state index contributed by atoms with van der Waals surface area (Å²) >= 11 is 9.42. The number of benzene rings is 1. The van der Waals surface area contributed by atoms with Gasteiger partial charge in [0.1, 0.15) is 22.3 Å². The smallest absolute Gasteiger partial charge is 0.315 e. The number of thiazole rings is 1. The van der Waals surface area contributed by atoms with E-state index in [-0.39, 0.29) is 29.9 Å². The Morgan fingerprint density at radius 2 is 1.94 bits per heavy atom. The number of unbranched alkanes of at least 4 members (excludes halogenated alkanes) is 1. The molecule has 0 bridgehead atoms. The summed E-state index contributed by atoms with van der Waals surface area (Å²) in [6.45, 7) is 8.53. The van der Waals surface area contributed by atoms with Gasteiger partial charge in [0.05, 0.1) is 29.0 Å². The molecule has 6 rings (SSSR count). The molecule has 16 heteroatoms. The predicted octanol–water partition coefficient (Wildman–Crippen LogP) is 4.16. The third kappa shape index (κ3) is 8.67. The highest BCUT2D eigenvalue weighted by Gasteiger charge is 2.42. The number of nitrogens with one attached hydrogen (secondary N) is 5. The van der Waals surface area contributed by atoms with Crippen LogP contribution in [-0.4, -0.2) is 100 Å². The van der Waals surface area contributed by atoms with Crippen LogP contribution < -0.4 is 31.5 Å². The van der Waals surface area contributed by atoms with Gasteiger partial charge in [0.15, 0.2) is 5.13 Å². The fraction of sp³-hybridized carbons (Fsp3) is 0.500. The van der Waals surface area contributed by atoms with Crippen LogP contribution in [0.2, 0.25) is 5.02 Å². The maximum absolute atomic E-state index is 12.9. The molecule has 3 aliphatic heterocycles. The van der Waals surface area contributed by atoms with Crippen molar-refractivity contribution in [3.05, 3.63) is 51.7 Å². The number of amides is 4. The highest BCUT2D eigenvalue weighted by molar-refractivity contribution is 8.00. The first kappa shape index (κ1) is 34.2. The molecule has 3 unspecified atom stereocenters. The molecule has 3 atom stereocenters. The van der Waals surface area contributed by atoms with Gasteiger partial charge in [-0.15, -0.1) is 0 Å². The fourth-order valence-electron chi connectivity index (χ4n) is 6.21. The van der Waals surface area contributed by atoms with Crippen LogP contribution in [0.1, 0.15) is 46.7 Å². The van der Waals surface area contributed by atoms with E-state index in [2.05, 4.69) is 51.3 Å². The number of aryl methyl sites for hydroxylation is 2. The second-order valence-corrected chi connectivity index (χ2v) is 15.0. The molecule has 256 valence electrons. The van der Waals surface area contributed by atoms with Crippen molar-refractivity contribution in [1.82, 2.24) is 35.8 Å². The van der Waals surface area contributed by atoms with Crippen molar-refractivity contribution in [2.45, 2.75) is 56.9 Å². The molecule has 3 aromatic rings. The average molecular weight is 713 g/mol. The van der Waals surface area contributed by atoms with Crippen molar-refractivity contribution in [2.24, 2.45) is 0 Å². The van der Waals surface area contributed by atoms with Crippen molar-refractivity contribution in [1.29, 1.82) is 0 Å². The number of thioether (sulfide) groups is 1. The summed E-state index contributed by atoms with van der Waals surface area (Å²) in [6, 6.07) is 7.79. The van der Waals surface area contributed by atoms with Gasteiger partial charge in [0, 0.05) is 62.8 Å². The topological polar surface area (TPSA) is 157 Å².